The van der Waals surface area contributed by atoms with Gasteiger partial charge in [0.05, 0.1) is 19.5 Å². The van der Waals surface area contributed by atoms with Crippen LogP contribution in [0.25, 0.3) is 0 Å². The van der Waals surface area contributed by atoms with Crippen molar-refractivity contribution >= 4 is 0 Å². The molecule has 0 aliphatic heterocycles. The first-order valence-electron chi connectivity index (χ1n) is 5.41. The van der Waals surface area contributed by atoms with E-state index in [4.69, 9.17) is 10.5 Å². The normalized spacial score (nSPS) is 12.4. The molecule has 0 saturated heterocycles. The lowest BCUT2D eigenvalue weighted by Crippen LogP contribution is -2.14. The number of ether oxygens (including phenoxy) is 1. The molecule has 2 aromatic heterocycles. The van der Waals surface area contributed by atoms with Gasteiger partial charge in [-0.25, -0.2) is 0 Å². The van der Waals surface area contributed by atoms with Crippen LogP contribution in [0.1, 0.15) is 17.2 Å². The van der Waals surface area contributed by atoms with Crippen molar-refractivity contribution in [2.24, 2.45) is 12.8 Å². The smallest absolute Gasteiger partial charge is 0.141 e. The first kappa shape index (κ1) is 11.6. The third-order valence-electron chi connectivity index (χ3n) is 2.65. The summed E-state index contributed by atoms with van der Waals surface area (Å²) in [6.45, 7) is 0. The minimum Gasteiger partial charge on any atom is -0.495 e. The van der Waals surface area contributed by atoms with Crippen LogP contribution in [0.5, 0.6) is 5.75 Å². The topological polar surface area (TPSA) is 66.0 Å². The van der Waals surface area contributed by atoms with Crippen LogP contribution in [0.2, 0.25) is 0 Å². The lowest BCUT2D eigenvalue weighted by Gasteiger charge is -2.14. The first-order valence-corrected chi connectivity index (χ1v) is 5.41. The van der Waals surface area contributed by atoms with E-state index in [2.05, 4.69) is 10.1 Å². The van der Waals surface area contributed by atoms with Crippen molar-refractivity contribution < 1.29 is 4.74 Å². The van der Waals surface area contributed by atoms with Gasteiger partial charge in [0.2, 0.25) is 0 Å². The summed E-state index contributed by atoms with van der Waals surface area (Å²) in [6, 6.07) is 1.78. The van der Waals surface area contributed by atoms with Crippen molar-refractivity contribution in [1.82, 2.24) is 14.8 Å². The molecule has 0 amide bonds. The molecule has 90 valence electrons. The second-order valence-corrected chi connectivity index (χ2v) is 3.95. The maximum atomic E-state index is 6.17. The number of hydrogen-bond donors (Lipinski definition) is 1. The summed E-state index contributed by atoms with van der Waals surface area (Å²) in [5.74, 6) is 0.726. The zero-order valence-electron chi connectivity index (χ0n) is 10.00. The quantitative estimate of drug-likeness (QED) is 0.856. The number of aryl methyl sites for hydroxylation is 1. The number of methoxy groups -OCH3 is 1. The fraction of sp³-hybridized carbons (Fsp3) is 0.333. The standard InChI is InChI=1S/C12H16N4O/c1-16-8-9(6-15-16)5-11(13)10-3-4-14-7-12(10)17-2/h3-4,6-8,11H,5,13H2,1-2H3. The van der Waals surface area contributed by atoms with Crippen LogP contribution in [0.15, 0.2) is 30.9 Å². The number of nitrogens with two attached hydrogens (primary N) is 1. The molecule has 0 fully saturated rings. The molecule has 17 heavy (non-hydrogen) atoms. The zero-order chi connectivity index (χ0) is 12.3. The molecular formula is C12H16N4O. The fourth-order valence-electron chi connectivity index (χ4n) is 1.81. The highest BCUT2D eigenvalue weighted by atomic mass is 16.5. The molecule has 0 spiro atoms. The predicted molar refractivity (Wildman–Crippen MR) is 64.6 cm³/mol. The van der Waals surface area contributed by atoms with Gasteiger partial charge in [-0.05, 0) is 18.1 Å². The van der Waals surface area contributed by atoms with E-state index in [-0.39, 0.29) is 6.04 Å². The Morgan fingerprint density at radius 1 is 1.47 bits per heavy atom. The molecule has 2 rings (SSSR count). The summed E-state index contributed by atoms with van der Waals surface area (Å²) in [6.07, 6.45) is 7.93. The van der Waals surface area contributed by atoms with Crippen LogP contribution >= 0.6 is 0 Å². The monoisotopic (exact) mass is 232 g/mol. The Kier molecular flexibility index (Phi) is 3.39. The minimum absolute atomic E-state index is 0.114. The van der Waals surface area contributed by atoms with Gasteiger partial charge in [0.15, 0.2) is 0 Å². The molecule has 5 heteroatoms. The molecular weight excluding hydrogens is 216 g/mol. The number of rotatable bonds is 4. The summed E-state index contributed by atoms with van der Waals surface area (Å²) in [5, 5.41) is 4.12. The Morgan fingerprint density at radius 3 is 2.94 bits per heavy atom. The SMILES string of the molecule is COc1cnccc1C(N)Cc1cnn(C)c1. The maximum absolute atomic E-state index is 6.17. The van der Waals surface area contributed by atoms with Gasteiger partial charge in [-0.15, -0.1) is 0 Å². The highest BCUT2D eigenvalue weighted by Crippen LogP contribution is 2.24. The summed E-state index contributed by atoms with van der Waals surface area (Å²) in [5.41, 5.74) is 8.24. The lowest BCUT2D eigenvalue weighted by atomic mass is 10.0. The van der Waals surface area contributed by atoms with Gasteiger partial charge >= 0.3 is 0 Å². The van der Waals surface area contributed by atoms with Crippen LogP contribution in [-0.2, 0) is 13.5 Å². The largest absolute Gasteiger partial charge is 0.495 e. The Labute approximate surface area is 100 Å². The zero-order valence-corrected chi connectivity index (χ0v) is 10.00. The van der Waals surface area contributed by atoms with E-state index < -0.39 is 0 Å². The van der Waals surface area contributed by atoms with Gasteiger partial charge in [-0.3, -0.25) is 9.67 Å². The average Bonchev–Trinajstić information content (AvgIpc) is 2.74. The van der Waals surface area contributed by atoms with Crippen molar-refractivity contribution in [2.45, 2.75) is 12.5 Å². The first-order chi connectivity index (χ1) is 8.20. The molecule has 0 radical (unpaired) electrons. The third-order valence-corrected chi connectivity index (χ3v) is 2.65. The van der Waals surface area contributed by atoms with E-state index in [1.807, 2.05) is 25.5 Å². The summed E-state index contributed by atoms with van der Waals surface area (Å²) in [4.78, 5) is 4.01. The van der Waals surface area contributed by atoms with Crippen LogP contribution in [0, 0.1) is 0 Å². The van der Waals surface area contributed by atoms with Crippen molar-refractivity contribution in [1.29, 1.82) is 0 Å². The Morgan fingerprint density at radius 2 is 2.29 bits per heavy atom. The molecule has 0 bridgehead atoms. The van der Waals surface area contributed by atoms with E-state index in [1.54, 1.807) is 24.2 Å². The van der Waals surface area contributed by atoms with Crippen molar-refractivity contribution in [3.05, 3.63) is 42.0 Å². The van der Waals surface area contributed by atoms with Crippen molar-refractivity contribution in [2.75, 3.05) is 7.11 Å². The van der Waals surface area contributed by atoms with E-state index in [0.29, 0.717) is 0 Å². The second kappa shape index (κ2) is 4.97. The Bertz CT molecular complexity index is 495. The van der Waals surface area contributed by atoms with Gasteiger partial charge in [0.1, 0.15) is 5.75 Å². The highest BCUT2D eigenvalue weighted by molar-refractivity contribution is 5.33. The second-order valence-electron chi connectivity index (χ2n) is 3.95. The highest BCUT2D eigenvalue weighted by Gasteiger charge is 2.13. The van der Waals surface area contributed by atoms with E-state index in [1.165, 1.54) is 0 Å². The molecule has 0 aliphatic rings. The molecule has 1 atom stereocenters. The average molecular weight is 232 g/mol. The number of aromatic nitrogens is 3. The number of hydrogen-bond acceptors (Lipinski definition) is 4. The molecule has 0 aliphatic carbocycles. The molecule has 0 aromatic carbocycles. The summed E-state index contributed by atoms with van der Waals surface area (Å²) < 4.78 is 7.02. The summed E-state index contributed by atoms with van der Waals surface area (Å²) in [7, 11) is 3.51. The van der Waals surface area contributed by atoms with Crippen LogP contribution in [0.4, 0.5) is 0 Å². The molecule has 1 unspecified atom stereocenters. The fourth-order valence-corrected chi connectivity index (χ4v) is 1.81. The Balaban J connectivity index is 2.16. The molecule has 2 heterocycles. The minimum atomic E-state index is -0.114. The van der Waals surface area contributed by atoms with E-state index >= 15 is 0 Å². The predicted octanol–water partition coefficient (Wildman–Crippen LogP) is 1.07. The van der Waals surface area contributed by atoms with Gasteiger partial charge in [0, 0.05) is 31.0 Å². The summed E-state index contributed by atoms with van der Waals surface area (Å²) >= 11 is 0. The molecule has 5 nitrogen and oxygen atoms in total. The van der Waals surface area contributed by atoms with E-state index in [9.17, 15) is 0 Å². The van der Waals surface area contributed by atoms with Crippen LogP contribution in [0.3, 0.4) is 0 Å². The lowest BCUT2D eigenvalue weighted by molar-refractivity contribution is 0.403. The number of nitrogens with zero attached hydrogens (tertiary/aromatic N) is 3. The number of pyridine rings is 1. The molecule has 0 saturated carbocycles. The maximum Gasteiger partial charge on any atom is 0.141 e. The van der Waals surface area contributed by atoms with Crippen LogP contribution < -0.4 is 10.5 Å². The van der Waals surface area contributed by atoms with Gasteiger partial charge in [0.25, 0.3) is 0 Å². The van der Waals surface area contributed by atoms with Gasteiger partial charge < -0.3 is 10.5 Å². The van der Waals surface area contributed by atoms with Crippen molar-refractivity contribution in [3.63, 3.8) is 0 Å². The van der Waals surface area contributed by atoms with Gasteiger partial charge in [-0.2, -0.15) is 5.10 Å². The molecule has 2 aromatic rings. The third kappa shape index (κ3) is 2.62. The van der Waals surface area contributed by atoms with Gasteiger partial charge in [-0.1, -0.05) is 0 Å². The van der Waals surface area contributed by atoms with E-state index in [0.717, 1.165) is 23.3 Å². The van der Waals surface area contributed by atoms with Crippen LogP contribution in [-0.4, -0.2) is 21.9 Å². The van der Waals surface area contributed by atoms with Crippen molar-refractivity contribution in [3.8, 4) is 5.75 Å². The molecule has 2 N–H and O–H groups in total. The Hall–Kier alpha value is -1.88.